The van der Waals surface area contributed by atoms with E-state index in [9.17, 15) is 9.59 Å². The highest BCUT2D eigenvalue weighted by molar-refractivity contribution is 8.14. The largest absolute Gasteiger partial charge is 0.288 e. The molecule has 1 aliphatic heterocycles. The van der Waals surface area contributed by atoms with E-state index in [1.165, 1.54) is 36.0 Å². The summed E-state index contributed by atoms with van der Waals surface area (Å²) in [6, 6.07) is 0. The molecule has 2 heterocycles. The quantitative estimate of drug-likeness (QED) is 0.816. The van der Waals surface area contributed by atoms with E-state index in [-0.39, 0.29) is 16.3 Å². The number of carbonyl (C=O) groups excluding carboxylic acids is 2. The molecule has 0 radical (unpaired) electrons. The molecule has 0 saturated carbocycles. The van der Waals surface area contributed by atoms with Crippen molar-refractivity contribution in [2.45, 2.75) is 18.6 Å². The van der Waals surface area contributed by atoms with Crippen molar-refractivity contribution >= 4 is 40.3 Å². The fraction of sp³-hybridized carbons (Fsp3) is 0.400. The molecule has 2 rings (SSSR count). The van der Waals surface area contributed by atoms with Crippen molar-refractivity contribution in [3.05, 3.63) is 17.4 Å². The molecule has 0 N–H and O–H groups in total. The second-order valence-electron chi connectivity index (χ2n) is 3.64. The van der Waals surface area contributed by atoms with Crippen LogP contribution in [0, 0.1) is 0 Å². The lowest BCUT2D eigenvalue weighted by atomic mass is 10.4. The second kappa shape index (κ2) is 5.01. The smallest absolute Gasteiger partial charge is 0.232 e. The van der Waals surface area contributed by atoms with Crippen LogP contribution in [0.25, 0.3) is 0 Å². The van der Waals surface area contributed by atoms with Crippen molar-refractivity contribution in [3.8, 4) is 0 Å². The zero-order valence-electron chi connectivity index (χ0n) is 9.09. The van der Waals surface area contributed by atoms with Gasteiger partial charge in [-0.25, -0.2) is 9.97 Å². The molecule has 1 aromatic heterocycles. The SMILES string of the molecule is CC(=O)SC1CC(=O)N(c2ncc(Cl)cn2)C1. The molecule has 5 nitrogen and oxygen atoms in total. The first kappa shape index (κ1) is 12.3. The zero-order valence-corrected chi connectivity index (χ0v) is 10.7. The summed E-state index contributed by atoms with van der Waals surface area (Å²) in [5.41, 5.74) is 0. The minimum absolute atomic E-state index is 0.0146. The van der Waals surface area contributed by atoms with Crippen LogP contribution in [-0.4, -0.2) is 32.8 Å². The van der Waals surface area contributed by atoms with Crippen LogP contribution in [0.2, 0.25) is 5.02 Å². The van der Waals surface area contributed by atoms with E-state index < -0.39 is 0 Å². The number of carbonyl (C=O) groups is 2. The van der Waals surface area contributed by atoms with E-state index in [0.717, 1.165) is 0 Å². The van der Waals surface area contributed by atoms with Gasteiger partial charge in [-0.2, -0.15) is 0 Å². The predicted octanol–water partition coefficient (Wildman–Crippen LogP) is 1.51. The molecule has 0 aromatic carbocycles. The monoisotopic (exact) mass is 271 g/mol. The van der Waals surface area contributed by atoms with Crippen LogP contribution in [0.4, 0.5) is 5.95 Å². The number of aromatic nitrogens is 2. The lowest BCUT2D eigenvalue weighted by Crippen LogP contribution is -2.26. The first-order valence-corrected chi connectivity index (χ1v) is 6.27. The van der Waals surface area contributed by atoms with Gasteiger partial charge < -0.3 is 0 Å². The molecule has 17 heavy (non-hydrogen) atoms. The molecule has 90 valence electrons. The van der Waals surface area contributed by atoms with E-state index >= 15 is 0 Å². The highest BCUT2D eigenvalue weighted by Crippen LogP contribution is 2.26. The van der Waals surface area contributed by atoms with Gasteiger partial charge in [0.05, 0.1) is 17.4 Å². The Morgan fingerprint density at radius 3 is 2.76 bits per heavy atom. The molecule has 1 aromatic rings. The summed E-state index contributed by atoms with van der Waals surface area (Å²) in [4.78, 5) is 32.2. The summed E-state index contributed by atoms with van der Waals surface area (Å²) in [5.74, 6) is 0.275. The van der Waals surface area contributed by atoms with Gasteiger partial charge in [0.15, 0.2) is 5.12 Å². The molecular weight excluding hydrogens is 262 g/mol. The van der Waals surface area contributed by atoms with Crippen LogP contribution in [0.1, 0.15) is 13.3 Å². The highest BCUT2D eigenvalue weighted by Gasteiger charge is 2.33. The molecule has 0 spiro atoms. The molecule has 1 saturated heterocycles. The molecule has 1 fully saturated rings. The average Bonchev–Trinajstić information content (AvgIpc) is 2.59. The maximum Gasteiger partial charge on any atom is 0.232 e. The fourth-order valence-corrected chi connectivity index (χ4v) is 2.64. The van der Waals surface area contributed by atoms with Gasteiger partial charge in [0.1, 0.15) is 0 Å². The molecule has 7 heteroatoms. The van der Waals surface area contributed by atoms with Gasteiger partial charge in [0, 0.05) is 25.1 Å². The molecule has 1 amide bonds. The van der Waals surface area contributed by atoms with Gasteiger partial charge in [0.25, 0.3) is 0 Å². The van der Waals surface area contributed by atoms with Gasteiger partial charge in [0.2, 0.25) is 11.9 Å². The van der Waals surface area contributed by atoms with Crippen molar-refractivity contribution in [1.29, 1.82) is 0 Å². The van der Waals surface area contributed by atoms with E-state index in [2.05, 4.69) is 9.97 Å². The van der Waals surface area contributed by atoms with Crippen molar-refractivity contribution < 1.29 is 9.59 Å². The number of nitrogens with zero attached hydrogens (tertiary/aromatic N) is 3. The predicted molar refractivity (Wildman–Crippen MR) is 66.1 cm³/mol. The molecular formula is C10H10ClN3O2S. The number of hydrogen-bond donors (Lipinski definition) is 0. The molecule has 1 atom stereocenters. The van der Waals surface area contributed by atoms with Crippen LogP contribution in [0.15, 0.2) is 12.4 Å². The number of amides is 1. The van der Waals surface area contributed by atoms with Gasteiger partial charge in [-0.05, 0) is 0 Å². The van der Waals surface area contributed by atoms with Gasteiger partial charge in [-0.15, -0.1) is 0 Å². The Hall–Kier alpha value is -1.14. The molecule has 1 unspecified atom stereocenters. The molecule has 0 aliphatic carbocycles. The Balaban J connectivity index is 2.10. The van der Waals surface area contributed by atoms with Crippen LogP contribution in [0.3, 0.4) is 0 Å². The van der Waals surface area contributed by atoms with E-state index in [1.54, 1.807) is 0 Å². The number of rotatable bonds is 2. The van der Waals surface area contributed by atoms with Crippen molar-refractivity contribution in [3.63, 3.8) is 0 Å². The summed E-state index contributed by atoms with van der Waals surface area (Å²) < 4.78 is 0. The third-order valence-electron chi connectivity index (χ3n) is 2.27. The third kappa shape index (κ3) is 2.95. The lowest BCUT2D eigenvalue weighted by Gasteiger charge is -2.13. The van der Waals surface area contributed by atoms with Crippen molar-refractivity contribution in [1.82, 2.24) is 9.97 Å². The average molecular weight is 272 g/mol. The Kier molecular flexibility index (Phi) is 3.63. The van der Waals surface area contributed by atoms with Gasteiger partial charge in [-0.3, -0.25) is 14.5 Å². The maximum atomic E-state index is 11.7. The van der Waals surface area contributed by atoms with Crippen LogP contribution >= 0.6 is 23.4 Å². The van der Waals surface area contributed by atoms with Gasteiger partial charge >= 0.3 is 0 Å². The lowest BCUT2D eigenvalue weighted by molar-refractivity contribution is -0.117. The van der Waals surface area contributed by atoms with Gasteiger partial charge in [-0.1, -0.05) is 23.4 Å². The van der Waals surface area contributed by atoms with Crippen LogP contribution in [0.5, 0.6) is 0 Å². The van der Waals surface area contributed by atoms with E-state index in [4.69, 9.17) is 11.6 Å². The summed E-state index contributed by atoms with van der Waals surface area (Å²) in [6.45, 7) is 1.96. The minimum atomic E-state index is -0.0638. The molecule has 0 bridgehead atoms. The first-order chi connectivity index (χ1) is 8.06. The van der Waals surface area contributed by atoms with Crippen LogP contribution < -0.4 is 4.90 Å². The highest BCUT2D eigenvalue weighted by atomic mass is 35.5. The Morgan fingerprint density at radius 1 is 1.53 bits per heavy atom. The fourth-order valence-electron chi connectivity index (χ4n) is 1.63. The summed E-state index contributed by atoms with van der Waals surface area (Å²) in [5, 5.41) is 0.427. The topological polar surface area (TPSA) is 63.2 Å². The zero-order chi connectivity index (χ0) is 12.4. The van der Waals surface area contributed by atoms with E-state index in [0.29, 0.717) is 23.9 Å². The summed E-state index contributed by atoms with van der Waals surface area (Å²) in [7, 11) is 0. The number of hydrogen-bond acceptors (Lipinski definition) is 5. The number of thioether (sulfide) groups is 1. The Bertz CT molecular complexity index is 451. The van der Waals surface area contributed by atoms with Crippen molar-refractivity contribution in [2.24, 2.45) is 0 Å². The molecule has 1 aliphatic rings. The summed E-state index contributed by atoms with van der Waals surface area (Å²) in [6.07, 6.45) is 3.24. The van der Waals surface area contributed by atoms with Crippen LogP contribution in [-0.2, 0) is 9.59 Å². The maximum absolute atomic E-state index is 11.7. The Morgan fingerprint density at radius 2 is 2.18 bits per heavy atom. The summed E-state index contributed by atoms with van der Waals surface area (Å²) >= 11 is 6.86. The van der Waals surface area contributed by atoms with Crippen molar-refractivity contribution in [2.75, 3.05) is 11.4 Å². The minimum Gasteiger partial charge on any atom is -0.288 e. The normalized spacial score (nSPS) is 19.8. The van der Waals surface area contributed by atoms with E-state index in [1.807, 2.05) is 0 Å². The standard InChI is InChI=1S/C10H10ClN3O2S/c1-6(15)17-8-2-9(16)14(5-8)10-12-3-7(11)4-13-10/h3-4,8H,2,5H2,1H3. The number of anilines is 1. The second-order valence-corrected chi connectivity index (χ2v) is 5.55. The Labute approximate surface area is 108 Å². The first-order valence-electron chi connectivity index (χ1n) is 5.01. The third-order valence-corrected chi connectivity index (χ3v) is 3.45. The number of halogens is 1.